The molecule has 0 unspecified atom stereocenters. The fourth-order valence-corrected chi connectivity index (χ4v) is 3.79. The quantitative estimate of drug-likeness (QED) is 0.227. The first-order valence-electron chi connectivity index (χ1n) is 12.1. The summed E-state index contributed by atoms with van der Waals surface area (Å²) in [5.74, 6) is 0. The molecule has 5 heteroatoms. The molecule has 0 aromatic heterocycles. The first-order valence-corrected chi connectivity index (χ1v) is 12.1. The topological polar surface area (TPSA) is 79.2 Å². The molecule has 0 aliphatic carbocycles. The second-order valence-electron chi connectivity index (χ2n) is 8.39. The van der Waals surface area contributed by atoms with Gasteiger partial charge in [0.15, 0.2) is 0 Å². The third-order valence-corrected chi connectivity index (χ3v) is 5.71. The Morgan fingerprint density at radius 2 is 1.38 bits per heavy atom. The lowest BCUT2D eigenvalue weighted by atomic mass is 10.0. The molecule has 1 saturated heterocycles. The average Bonchev–Trinajstić information content (AvgIpc) is 2.73. The lowest BCUT2D eigenvalue weighted by Crippen LogP contribution is -2.55. The summed E-state index contributed by atoms with van der Waals surface area (Å²) in [6, 6.07) is 0. The summed E-state index contributed by atoms with van der Waals surface area (Å²) in [6.45, 7) is 2.59. The Bertz CT molecular complexity index is 385. The van der Waals surface area contributed by atoms with Gasteiger partial charge in [0.25, 0.3) is 0 Å². The SMILES string of the molecule is CCC/C=C/CCCCCCCCCCCCCO[C@@H]1[C@@H](O)[C@H](O)CO[C@H]1CO. The zero-order chi connectivity index (χ0) is 21.2. The number of ether oxygens (including phenoxy) is 2. The van der Waals surface area contributed by atoms with Crippen LogP contribution in [0.15, 0.2) is 12.2 Å². The van der Waals surface area contributed by atoms with E-state index in [9.17, 15) is 15.3 Å². The van der Waals surface area contributed by atoms with Gasteiger partial charge < -0.3 is 24.8 Å². The molecule has 0 radical (unpaired) electrons. The summed E-state index contributed by atoms with van der Waals surface area (Å²) in [4.78, 5) is 0. The van der Waals surface area contributed by atoms with Crippen molar-refractivity contribution < 1.29 is 24.8 Å². The molecule has 0 spiro atoms. The first kappa shape index (κ1) is 26.6. The van der Waals surface area contributed by atoms with E-state index in [1.807, 2.05) is 0 Å². The van der Waals surface area contributed by atoms with Gasteiger partial charge >= 0.3 is 0 Å². The number of hydrogen-bond donors (Lipinski definition) is 3. The molecule has 0 aromatic rings. The van der Waals surface area contributed by atoms with Crippen LogP contribution in [-0.2, 0) is 9.47 Å². The van der Waals surface area contributed by atoms with Crippen LogP contribution in [0.25, 0.3) is 0 Å². The predicted octanol–water partition coefficient (Wildman–Crippen LogP) is 4.52. The van der Waals surface area contributed by atoms with Crippen molar-refractivity contribution in [3.8, 4) is 0 Å². The maximum atomic E-state index is 10.0. The highest BCUT2D eigenvalue weighted by Gasteiger charge is 2.39. The molecule has 5 nitrogen and oxygen atoms in total. The molecule has 0 amide bonds. The largest absolute Gasteiger partial charge is 0.394 e. The van der Waals surface area contributed by atoms with Gasteiger partial charge in [-0.05, 0) is 25.7 Å². The lowest BCUT2D eigenvalue weighted by Gasteiger charge is -2.37. The van der Waals surface area contributed by atoms with Crippen LogP contribution < -0.4 is 0 Å². The van der Waals surface area contributed by atoms with Crippen LogP contribution in [0, 0.1) is 0 Å². The maximum absolute atomic E-state index is 10.0. The van der Waals surface area contributed by atoms with E-state index in [2.05, 4.69) is 19.1 Å². The van der Waals surface area contributed by atoms with E-state index >= 15 is 0 Å². The molecule has 1 aliphatic heterocycles. The van der Waals surface area contributed by atoms with E-state index in [4.69, 9.17) is 9.47 Å². The van der Waals surface area contributed by atoms with Crippen LogP contribution in [0.3, 0.4) is 0 Å². The molecule has 1 heterocycles. The van der Waals surface area contributed by atoms with E-state index < -0.39 is 24.4 Å². The minimum absolute atomic E-state index is 0.0443. The molecule has 172 valence electrons. The Labute approximate surface area is 178 Å². The molecule has 1 aliphatic rings. The van der Waals surface area contributed by atoms with Gasteiger partial charge in [0.1, 0.15) is 24.4 Å². The second-order valence-corrected chi connectivity index (χ2v) is 8.39. The monoisotopic (exact) mass is 414 g/mol. The highest BCUT2D eigenvalue weighted by molar-refractivity contribution is 4.87. The predicted molar refractivity (Wildman–Crippen MR) is 118 cm³/mol. The van der Waals surface area contributed by atoms with Gasteiger partial charge in [-0.2, -0.15) is 0 Å². The fraction of sp³-hybridized carbons (Fsp3) is 0.917. The van der Waals surface area contributed by atoms with Crippen molar-refractivity contribution in [2.75, 3.05) is 19.8 Å². The van der Waals surface area contributed by atoms with E-state index in [0.29, 0.717) is 6.61 Å². The van der Waals surface area contributed by atoms with Gasteiger partial charge in [0, 0.05) is 6.61 Å². The molecule has 1 rings (SSSR count). The average molecular weight is 415 g/mol. The summed E-state index contributed by atoms with van der Waals surface area (Å²) in [5.41, 5.74) is 0. The summed E-state index contributed by atoms with van der Waals surface area (Å²) in [5, 5.41) is 29.0. The van der Waals surface area contributed by atoms with Crippen molar-refractivity contribution in [1.82, 2.24) is 0 Å². The third kappa shape index (κ3) is 12.7. The molecule has 0 aromatic carbocycles. The standard InChI is InChI=1S/C24H46O5/c1-2-3-4-5-6-7-8-9-10-11-12-13-14-15-16-17-18-28-24-22(19-25)29-20-21(26)23(24)27/h4-5,21-27H,2-3,6-20H2,1H3/b5-4+/t21-,22+,23+,24+/m1/s1. The van der Waals surface area contributed by atoms with Gasteiger partial charge in [-0.15, -0.1) is 0 Å². The first-order chi connectivity index (χ1) is 14.2. The number of rotatable bonds is 18. The molecule has 0 bridgehead atoms. The molecular formula is C24H46O5. The Balaban J connectivity index is 1.85. The molecule has 3 N–H and O–H groups in total. The van der Waals surface area contributed by atoms with Crippen LogP contribution in [-0.4, -0.2) is 59.6 Å². The Kier molecular flexibility index (Phi) is 16.8. The van der Waals surface area contributed by atoms with Crippen LogP contribution >= 0.6 is 0 Å². The van der Waals surface area contributed by atoms with Crippen molar-refractivity contribution in [3.63, 3.8) is 0 Å². The summed E-state index contributed by atoms with van der Waals surface area (Å²) < 4.78 is 11.0. The Morgan fingerprint density at radius 3 is 1.97 bits per heavy atom. The minimum atomic E-state index is -0.988. The fourth-order valence-electron chi connectivity index (χ4n) is 3.79. The van der Waals surface area contributed by atoms with Crippen LogP contribution in [0.4, 0.5) is 0 Å². The van der Waals surface area contributed by atoms with Crippen LogP contribution in [0.5, 0.6) is 0 Å². The minimum Gasteiger partial charge on any atom is -0.394 e. The van der Waals surface area contributed by atoms with Gasteiger partial charge in [-0.3, -0.25) is 0 Å². The van der Waals surface area contributed by atoms with Crippen molar-refractivity contribution in [2.24, 2.45) is 0 Å². The van der Waals surface area contributed by atoms with Crippen molar-refractivity contribution in [2.45, 2.75) is 121 Å². The Hall–Kier alpha value is -0.460. The Morgan fingerprint density at radius 1 is 0.828 bits per heavy atom. The molecule has 4 atom stereocenters. The maximum Gasteiger partial charge on any atom is 0.114 e. The third-order valence-electron chi connectivity index (χ3n) is 5.71. The number of allylic oxidation sites excluding steroid dienone is 2. The highest BCUT2D eigenvalue weighted by atomic mass is 16.6. The van der Waals surface area contributed by atoms with Crippen LogP contribution in [0.2, 0.25) is 0 Å². The van der Waals surface area contributed by atoms with Crippen molar-refractivity contribution >= 4 is 0 Å². The lowest BCUT2D eigenvalue weighted by molar-refractivity contribution is -0.211. The zero-order valence-corrected chi connectivity index (χ0v) is 18.6. The van der Waals surface area contributed by atoms with Crippen molar-refractivity contribution in [1.29, 1.82) is 0 Å². The van der Waals surface area contributed by atoms with Crippen molar-refractivity contribution in [3.05, 3.63) is 12.2 Å². The molecule has 0 saturated carbocycles. The van der Waals surface area contributed by atoms with Gasteiger partial charge in [-0.1, -0.05) is 83.3 Å². The van der Waals surface area contributed by atoms with E-state index in [-0.39, 0.29) is 13.2 Å². The second kappa shape index (κ2) is 18.3. The molecule has 1 fully saturated rings. The number of hydrogen-bond acceptors (Lipinski definition) is 5. The van der Waals surface area contributed by atoms with Gasteiger partial charge in [0.2, 0.25) is 0 Å². The number of unbranched alkanes of at least 4 members (excludes halogenated alkanes) is 12. The highest BCUT2D eigenvalue weighted by Crippen LogP contribution is 2.19. The molecular weight excluding hydrogens is 368 g/mol. The number of aliphatic hydroxyl groups excluding tert-OH is 3. The zero-order valence-electron chi connectivity index (χ0n) is 18.6. The summed E-state index contributed by atoms with van der Waals surface area (Å²) in [7, 11) is 0. The van der Waals surface area contributed by atoms with Gasteiger partial charge in [-0.25, -0.2) is 0 Å². The normalized spacial score (nSPS) is 25.1. The summed E-state index contributed by atoms with van der Waals surface area (Å²) in [6.07, 6.45) is 19.3. The van der Waals surface area contributed by atoms with Gasteiger partial charge in [0.05, 0.1) is 13.2 Å². The smallest absolute Gasteiger partial charge is 0.114 e. The van der Waals surface area contributed by atoms with Crippen LogP contribution in [0.1, 0.15) is 96.8 Å². The van der Waals surface area contributed by atoms with E-state index in [1.54, 1.807) is 0 Å². The van der Waals surface area contributed by atoms with E-state index in [1.165, 1.54) is 77.0 Å². The van der Waals surface area contributed by atoms with E-state index in [0.717, 1.165) is 12.8 Å². The molecule has 29 heavy (non-hydrogen) atoms. The number of aliphatic hydroxyl groups is 3. The summed E-state index contributed by atoms with van der Waals surface area (Å²) >= 11 is 0.